The third-order valence-electron chi connectivity index (χ3n) is 6.17. The van der Waals surface area contributed by atoms with Gasteiger partial charge in [-0.05, 0) is 0 Å². The third-order valence-corrected chi connectivity index (χ3v) is 8.53. The van der Waals surface area contributed by atoms with Crippen LogP contribution in [0, 0.1) is 12.3 Å². The summed E-state index contributed by atoms with van der Waals surface area (Å²) in [5.41, 5.74) is 8.66. The maximum atomic E-state index is 6.80. The second kappa shape index (κ2) is 9.52. The number of halogens is 2. The predicted octanol–water partition coefficient (Wildman–Crippen LogP) is 1.62. The molecule has 2 rings (SSSR count). The van der Waals surface area contributed by atoms with Gasteiger partial charge in [0.05, 0.1) is 0 Å². The number of rotatable bonds is 3. The summed E-state index contributed by atoms with van der Waals surface area (Å²) in [6.45, 7) is 27.5. The van der Waals surface area contributed by atoms with Crippen molar-refractivity contribution in [2.75, 3.05) is 0 Å². The molecule has 0 bridgehead atoms. The fourth-order valence-corrected chi connectivity index (χ4v) is 5.78. The van der Waals surface area contributed by atoms with E-state index in [1.807, 2.05) is 0 Å². The molecule has 0 saturated carbocycles. The predicted molar refractivity (Wildman–Crippen MR) is 114 cm³/mol. The number of hydrogen-bond donors (Lipinski definition) is 0. The Balaban J connectivity index is 0.00000392. The summed E-state index contributed by atoms with van der Waals surface area (Å²) in [5.74, 6) is 1.14. The van der Waals surface area contributed by atoms with E-state index in [4.69, 9.17) is 3.32 Å². The van der Waals surface area contributed by atoms with Crippen LogP contribution in [0.15, 0.2) is 32.7 Å². The molecule has 0 fully saturated rings. The van der Waals surface area contributed by atoms with Crippen LogP contribution in [0.5, 0.6) is 5.75 Å². The normalized spacial score (nSPS) is 16.3. The van der Waals surface area contributed by atoms with Gasteiger partial charge in [0.25, 0.3) is 0 Å². The minimum atomic E-state index is -0.707. The second-order valence-corrected chi connectivity index (χ2v) is 12.2. The van der Waals surface area contributed by atoms with Crippen molar-refractivity contribution in [2.24, 2.45) is 5.41 Å². The molecule has 0 amide bonds. The molecule has 29 heavy (non-hydrogen) atoms. The van der Waals surface area contributed by atoms with E-state index in [9.17, 15) is 0 Å². The first-order valence-electron chi connectivity index (χ1n) is 10.1. The van der Waals surface area contributed by atoms with E-state index in [0.717, 1.165) is 5.75 Å². The first-order chi connectivity index (χ1) is 12.1. The number of hydrogen-bond acceptors (Lipinski definition) is 1. The smallest absolute Gasteiger partial charge is 1.00 e. The van der Waals surface area contributed by atoms with Gasteiger partial charge in [0.2, 0.25) is 0 Å². The number of allylic oxidation sites excluding steroid dienone is 4. The second-order valence-electron chi connectivity index (χ2n) is 10.8. The van der Waals surface area contributed by atoms with Crippen LogP contribution in [-0.4, -0.2) is 0 Å². The molecule has 1 aliphatic carbocycles. The SMILES string of the molecule is CC1=C(C)C(C)(C)[C]([Ti+2][O]c2c(C(C)(C)C)cc(C)cc2C(C)(C)C)=C1C.[Cl-].[Cl-]. The van der Waals surface area contributed by atoms with Crippen molar-refractivity contribution in [3.63, 3.8) is 0 Å². The van der Waals surface area contributed by atoms with Crippen molar-refractivity contribution >= 4 is 0 Å². The van der Waals surface area contributed by atoms with Crippen molar-refractivity contribution in [1.82, 2.24) is 0 Å². The van der Waals surface area contributed by atoms with Crippen molar-refractivity contribution in [2.45, 2.75) is 93.9 Å². The van der Waals surface area contributed by atoms with E-state index in [1.54, 1.807) is 0 Å². The molecule has 0 N–H and O–H groups in total. The molecule has 1 nitrogen and oxygen atoms in total. The summed E-state index contributed by atoms with van der Waals surface area (Å²) in [4.78, 5) is 0. The molecule has 0 aromatic heterocycles. The standard InChI is InChI=1S/C15H24O.C10H15.2ClH.Ti/c1-10-8-11(14(2,3)4)13(16)12(9-10)15(5,6)7;1-7-6-10(4,5)9(3)8(7)2;;;/h8-9,16H,1-7H3;1-5H3;2*1H;/q;;;;+3/p-3. The monoisotopic (exact) mass is 472 g/mol. The van der Waals surface area contributed by atoms with Crippen molar-refractivity contribution < 1.29 is 47.7 Å². The summed E-state index contributed by atoms with van der Waals surface area (Å²) >= 11 is -0.707. The fraction of sp³-hybridized carbons (Fsp3) is 0.600. The Morgan fingerprint density at radius 1 is 0.759 bits per heavy atom. The first-order valence-corrected chi connectivity index (χ1v) is 11.5. The Morgan fingerprint density at radius 2 is 1.17 bits per heavy atom. The van der Waals surface area contributed by atoms with Gasteiger partial charge in [-0.2, -0.15) is 0 Å². The molecule has 1 aromatic carbocycles. The fourth-order valence-electron chi connectivity index (χ4n) is 3.90. The summed E-state index contributed by atoms with van der Waals surface area (Å²) in [6.07, 6.45) is 0. The van der Waals surface area contributed by atoms with E-state index in [-0.39, 0.29) is 41.1 Å². The molecule has 0 aliphatic heterocycles. The van der Waals surface area contributed by atoms with Gasteiger partial charge in [0, 0.05) is 0 Å². The van der Waals surface area contributed by atoms with Gasteiger partial charge in [-0.25, -0.2) is 0 Å². The van der Waals surface area contributed by atoms with Gasteiger partial charge in [-0.3, -0.25) is 0 Å². The summed E-state index contributed by atoms with van der Waals surface area (Å²) in [7, 11) is 0. The van der Waals surface area contributed by atoms with Gasteiger partial charge < -0.3 is 24.8 Å². The Labute approximate surface area is 201 Å². The van der Waals surface area contributed by atoms with Crippen LogP contribution >= 0.6 is 0 Å². The van der Waals surface area contributed by atoms with E-state index in [0.29, 0.717) is 0 Å². The molecule has 0 heterocycles. The summed E-state index contributed by atoms with van der Waals surface area (Å²) < 4.78 is 8.34. The minimum Gasteiger partial charge on any atom is -1.00 e. The van der Waals surface area contributed by atoms with E-state index in [2.05, 4.69) is 95.2 Å². The zero-order chi connectivity index (χ0) is 20.9. The maximum absolute atomic E-state index is 6.80. The molecule has 0 unspecified atom stereocenters. The van der Waals surface area contributed by atoms with Crippen LogP contribution in [0.25, 0.3) is 0 Å². The Morgan fingerprint density at radius 3 is 1.48 bits per heavy atom. The quantitative estimate of drug-likeness (QED) is 0.607. The van der Waals surface area contributed by atoms with Gasteiger partial charge in [0.15, 0.2) is 0 Å². The van der Waals surface area contributed by atoms with E-state index in [1.165, 1.54) is 37.3 Å². The Bertz CT molecular complexity index is 783. The number of benzene rings is 1. The van der Waals surface area contributed by atoms with Gasteiger partial charge >= 0.3 is 177 Å². The molecular weight excluding hydrogens is 435 g/mol. The average Bonchev–Trinajstić information content (AvgIpc) is 2.64. The molecule has 1 aliphatic rings. The Kier molecular flexibility index (Phi) is 9.45. The molecule has 0 saturated heterocycles. The molecular formula is C25H38Cl2OTi. The van der Waals surface area contributed by atoms with Crippen molar-refractivity contribution in [1.29, 1.82) is 0 Å². The van der Waals surface area contributed by atoms with Gasteiger partial charge in [-0.15, -0.1) is 0 Å². The van der Waals surface area contributed by atoms with Crippen molar-refractivity contribution in [3.05, 3.63) is 49.4 Å². The third kappa shape index (κ3) is 5.73. The van der Waals surface area contributed by atoms with Gasteiger partial charge in [-0.1, -0.05) is 0 Å². The molecule has 0 atom stereocenters. The summed E-state index contributed by atoms with van der Waals surface area (Å²) in [6, 6.07) is 4.65. The molecule has 162 valence electrons. The maximum Gasteiger partial charge on any atom is -1.00 e. The zero-order valence-electron chi connectivity index (χ0n) is 20.3. The molecule has 4 heteroatoms. The molecule has 0 radical (unpaired) electrons. The molecule has 1 aromatic rings. The topological polar surface area (TPSA) is 9.23 Å². The van der Waals surface area contributed by atoms with Crippen LogP contribution in [0.2, 0.25) is 0 Å². The van der Waals surface area contributed by atoms with Crippen LogP contribution in [0.3, 0.4) is 0 Å². The van der Waals surface area contributed by atoms with E-state index < -0.39 is 19.5 Å². The van der Waals surface area contributed by atoms with Crippen LogP contribution in [-0.2, 0) is 30.4 Å². The van der Waals surface area contributed by atoms with Crippen molar-refractivity contribution in [3.8, 4) is 5.75 Å². The summed E-state index contributed by atoms with van der Waals surface area (Å²) in [5, 5.41) is 0. The molecule has 0 spiro atoms. The van der Waals surface area contributed by atoms with Crippen LogP contribution < -0.4 is 28.1 Å². The Hall–Kier alpha value is -0.206. The largest absolute Gasteiger partial charge is 1.00 e. The number of aryl methyl sites for hydroxylation is 1. The zero-order valence-corrected chi connectivity index (χ0v) is 23.4. The average molecular weight is 473 g/mol. The first kappa shape index (κ1) is 28.8. The van der Waals surface area contributed by atoms with E-state index >= 15 is 0 Å². The van der Waals surface area contributed by atoms with Gasteiger partial charge in [0.1, 0.15) is 0 Å². The minimum absolute atomic E-state index is 0. The van der Waals surface area contributed by atoms with Crippen LogP contribution in [0.1, 0.15) is 92.9 Å². The van der Waals surface area contributed by atoms with Crippen LogP contribution in [0.4, 0.5) is 0 Å².